The summed E-state index contributed by atoms with van der Waals surface area (Å²) in [7, 11) is -8.83. The van der Waals surface area contributed by atoms with Crippen LogP contribution in [0.1, 0.15) is 20.8 Å². The van der Waals surface area contributed by atoms with E-state index in [2.05, 4.69) is 6.58 Å². The van der Waals surface area contributed by atoms with E-state index in [1.54, 1.807) is 0 Å². The number of hydrogen-bond donors (Lipinski definition) is 2. The predicted molar refractivity (Wildman–Crippen MR) is 60.3 cm³/mol. The van der Waals surface area contributed by atoms with E-state index in [1.165, 1.54) is 20.8 Å². The number of rotatable bonds is 4. The first kappa shape index (κ1) is 15.6. The van der Waals surface area contributed by atoms with Crippen LogP contribution in [0.25, 0.3) is 0 Å². The SMILES string of the molecule is C=C(CS(=O)(=O)O)C(C(C)(C)C)S(=O)(=O)O. The van der Waals surface area contributed by atoms with Crippen molar-refractivity contribution in [1.29, 1.82) is 0 Å². The third-order valence-electron chi connectivity index (χ3n) is 1.82. The molecule has 0 aliphatic rings. The highest BCUT2D eigenvalue weighted by Gasteiger charge is 2.38. The molecule has 0 aliphatic carbocycles. The van der Waals surface area contributed by atoms with Crippen molar-refractivity contribution >= 4 is 20.2 Å². The average molecular weight is 272 g/mol. The molecule has 0 fully saturated rings. The highest BCUT2D eigenvalue weighted by molar-refractivity contribution is 7.87. The molecule has 1 atom stereocenters. The molecule has 0 saturated heterocycles. The molecule has 0 radical (unpaired) electrons. The maximum absolute atomic E-state index is 11.1. The second kappa shape index (κ2) is 4.44. The average Bonchev–Trinajstić information content (AvgIpc) is 1.70. The van der Waals surface area contributed by atoms with Gasteiger partial charge in [-0.25, -0.2) is 0 Å². The Balaban J connectivity index is 5.35. The molecule has 0 saturated carbocycles. The van der Waals surface area contributed by atoms with Crippen LogP contribution in [-0.2, 0) is 20.2 Å². The summed E-state index contributed by atoms with van der Waals surface area (Å²) >= 11 is 0. The minimum atomic E-state index is -4.47. The molecule has 0 aromatic heterocycles. The smallest absolute Gasteiger partial charge is 0.272 e. The van der Waals surface area contributed by atoms with E-state index in [4.69, 9.17) is 9.11 Å². The molecule has 0 spiro atoms. The van der Waals surface area contributed by atoms with Gasteiger partial charge in [-0.05, 0) is 11.0 Å². The zero-order chi connectivity index (χ0) is 13.4. The Hall–Kier alpha value is -0.440. The monoisotopic (exact) mass is 272 g/mol. The molecule has 16 heavy (non-hydrogen) atoms. The Labute approximate surface area is 95.9 Å². The maximum Gasteiger partial charge on any atom is 0.272 e. The van der Waals surface area contributed by atoms with Gasteiger partial charge in [0, 0.05) is 0 Å². The first-order valence-corrected chi connectivity index (χ1v) is 7.45. The van der Waals surface area contributed by atoms with Gasteiger partial charge >= 0.3 is 0 Å². The summed E-state index contributed by atoms with van der Waals surface area (Å²) in [6, 6.07) is 0. The molecule has 0 rings (SSSR count). The van der Waals surface area contributed by atoms with Crippen molar-refractivity contribution in [2.24, 2.45) is 5.41 Å². The highest BCUT2D eigenvalue weighted by atomic mass is 32.2. The molecule has 0 heterocycles. The van der Waals surface area contributed by atoms with Crippen LogP contribution in [0, 0.1) is 5.41 Å². The maximum atomic E-state index is 11.1. The predicted octanol–water partition coefficient (Wildman–Crippen LogP) is 0.733. The summed E-state index contributed by atoms with van der Waals surface area (Å²) in [4.78, 5) is 0. The first-order valence-electron chi connectivity index (χ1n) is 4.34. The van der Waals surface area contributed by atoms with Crippen molar-refractivity contribution < 1.29 is 25.9 Å². The first-order chi connectivity index (χ1) is 6.75. The van der Waals surface area contributed by atoms with Crippen LogP contribution >= 0.6 is 0 Å². The van der Waals surface area contributed by atoms with Crippen molar-refractivity contribution in [2.45, 2.75) is 26.0 Å². The van der Waals surface area contributed by atoms with Gasteiger partial charge in [0.05, 0.1) is 5.75 Å². The molecular weight excluding hydrogens is 256 g/mol. The van der Waals surface area contributed by atoms with Gasteiger partial charge in [-0.15, -0.1) is 0 Å². The molecule has 0 amide bonds. The van der Waals surface area contributed by atoms with Crippen LogP contribution in [0.5, 0.6) is 0 Å². The lowest BCUT2D eigenvalue weighted by molar-refractivity contribution is 0.374. The van der Waals surface area contributed by atoms with Crippen molar-refractivity contribution in [3.8, 4) is 0 Å². The van der Waals surface area contributed by atoms with Crippen molar-refractivity contribution in [3.63, 3.8) is 0 Å². The van der Waals surface area contributed by atoms with Crippen LogP contribution in [0.2, 0.25) is 0 Å². The molecule has 0 aromatic rings. The summed E-state index contributed by atoms with van der Waals surface area (Å²) in [5, 5.41) is -1.44. The molecule has 2 N–H and O–H groups in total. The Morgan fingerprint density at radius 2 is 1.56 bits per heavy atom. The number of hydrogen-bond acceptors (Lipinski definition) is 4. The van der Waals surface area contributed by atoms with E-state index in [9.17, 15) is 16.8 Å². The molecule has 0 aromatic carbocycles. The largest absolute Gasteiger partial charge is 0.285 e. The van der Waals surface area contributed by atoms with Crippen LogP contribution in [0.4, 0.5) is 0 Å². The molecule has 1 unspecified atom stereocenters. The Morgan fingerprint density at radius 3 is 1.75 bits per heavy atom. The lowest BCUT2D eigenvalue weighted by Gasteiger charge is -2.29. The molecule has 0 bridgehead atoms. The van der Waals surface area contributed by atoms with Crippen LogP contribution in [0.3, 0.4) is 0 Å². The van der Waals surface area contributed by atoms with Gasteiger partial charge in [-0.3, -0.25) is 9.11 Å². The molecule has 6 nitrogen and oxygen atoms in total. The third-order valence-corrected chi connectivity index (χ3v) is 4.19. The Bertz CT molecular complexity index is 465. The zero-order valence-corrected chi connectivity index (χ0v) is 11.0. The van der Waals surface area contributed by atoms with Crippen molar-refractivity contribution in [3.05, 3.63) is 12.2 Å². The van der Waals surface area contributed by atoms with E-state index in [0.29, 0.717) is 0 Å². The van der Waals surface area contributed by atoms with Crippen molar-refractivity contribution in [1.82, 2.24) is 0 Å². The summed E-state index contributed by atoms with van der Waals surface area (Å²) in [5.74, 6) is -0.894. The molecule has 8 heteroatoms. The molecule has 96 valence electrons. The van der Waals surface area contributed by atoms with Gasteiger partial charge in [-0.1, -0.05) is 27.4 Å². The second-order valence-corrected chi connectivity index (χ2v) is 7.60. The van der Waals surface area contributed by atoms with Gasteiger partial charge in [0.2, 0.25) is 0 Å². The van der Waals surface area contributed by atoms with E-state index < -0.39 is 36.7 Å². The van der Waals surface area contributed by atoms with E-state index >= 15 is 0 Å². The zero-order valence-electron chi connectivity index (χ0n) is 9.34. The fraction of sp³-hybridized carbons (Fsp3) is 0.750. The van der Waals surface area contributed by atoms with E-state index in [1.807, 2.05) is 0 Å². The minimum Gasteiger partial charge on any atom is -0.285 e. The third kappa shape index (κ3) is 5.06. The summed E-state index contributed by atoms with van der Waals surface area (Å²) < 4.78 is 61.1. The highest BCUT2D eigenvalue weighted by Crippen LogP contribution is 2.30. The van der Waals surface area contributed by atoms with Crippen molar-refractivity contribution in [2.75, 3.05) is 5.75 Å². The van der Waals surface area contributed by atoms with Gasteiger partial charge in [0.25, 0.3) is 20.2 Å². The van der Waals surface area contributed by atoms with Gasteiger partial charge in [-0.2, -0.15) is 16.8 Å². The van der Waals surface area contributed by atoms with Crippen LogP contribution in [0.15, 0.2) is 12.2 Å². The quantitative estimate of drug-likeness (QED) is 0.577. The van der Waals surface area contributed by atoms with Crippen LogP contribution < -0.4 is 0 Å². The van der Waals surface area contributed by atoms with Crippen LogP contribution in [-0.4, -0.2) is 36.9 Å². The summed E-state index contributed by atoms with van der Waals surface area (Å²) in [5.41, 5.74) is -1.19. The van der Waals surface area contributed by atoms with Gasteiger partial charge in [0.15, 0.2) is 0 Å². The fourth-order valence-corrected chi connectivity index (χ4v) is 3.72. The Morgan fingerprint density at radius 1 is 1.19 bits per heavy atom. The summed E-state index contributed by atoms with van der Waals surface area (Å²) in [6.07, 6.45) is 0. The topological polar surface area (TPSA) is 109 Å². The Kier molecular flexibility index (Phi) is 4.32. The second-order valence-electron chi connectivity index (χ2n) is 4.65. The molecule has 0 aliphatic heterocycles. The van der Waals surface area contributed by atoms with E-state index in [0.717, 1.165) is 0 Å². The standard InChI is InChI=1S/C8H16O6S2/c1-6(5-15(9,10)11)7(8(2,3)4)16(12,13)14/h7H,1,5H2,2-4H3,(H,9,10,11)(H,12,13,14). The van der Waals surface area contributed by atoms with Gasteiger partial charge < -0.3 is 0 Å². The van der Waals surface area contributed by atoms with E-state index in [-0.39, 0.29) is 5.57 Å². The molecular formula is C8H16O6S2. The lowest BCUT2D eigenvalue weighted by atomic mass is 9.88. The van der Waals surface area contributed by atoms with Gasteiger partial charge in [0.1, 0.15) is 5.25 Å². The lowest BCUT2D eigenvalue weighted by Crippen LogP contribution is -2.37. The minimum absolute atomic E-state index is 0.266. The fourth-order valence-electron chi connectivity index (χ4n) is 1.58. The normalized spacial score (nSPS) is 15.8. The summed E-state index contributed by atoms with van der Waals surface area (Å²) in [6.45, 7) is 7.84.